The van der Waals surface area contributed by atoms with Crippen molar-refractivity contribution < 1.29 is 9.29 Å². The molecule has 0 N–H and O–H groups in total. The van der Waals surface area contributed by atoms with E-state index in [0.717, 1.165) is 11.5 Å². The third-order valence-electron chi connectivity index (χ3n) is 2.19. The summed E-state index contributed by atoms with van der Waals surface area (Å²) in [6.07, 6.45) is 3.64. The molecule has 5 heteroatoms. The molecular formula is C14H18O2S3. The molecule has 0 amide bonds. The molecule has 0 radical (unpaired) electrons. The van der Waals surface area contributed by atoms with Crippen molar-refractivity contribution in [3.63, 3.8) is 0 Å². The third kappa shape index (κ3) is 7.62. The van der Waals surface area contributed by atoms with Gasteiger partial charge in [0.15, 0.2) is 0 Å². The van der Waals surface area contributed by atoms with E-state index in [1.807, 2.05) is 23.6 Å². The van der Waals surface area contributed by atoms with Crippen LogP contribution in [0.15, 0.2) is 48.4 Å². The number of ether oxygens (including phenoxy) is 1. The summed E-state index contributed by atoms with van der Waals surface area (Å²) in [5.41, 5.74) is 1.27. The Morgan fingerprint density at radius 3 is 2.68 bits per heavy atom. The number of benzene rings is 1. The van der Waals surface area contributed by atoms with Gasteiger partial charge in [-0.1, -0.05) is 40.3 Å². The van der Waals surface area contributed by atoms with Crippen LogP contribution in [-0.2, 0) is 16.9 Å². The van der Waals surface area contributed by atoms with E-state index in [2.05, 4.69) is 18.7 Å². The molecule has 0 aliphatic carbocycles. The van der Waals surface area contributed by atoms with Crippen LogP contribution in [0.25, 0.3) is 0 Å². The summed E-state index contributed by atoms with van der Waals surface area (Å²) in [5, 5.41) is 2.00. The first kappa shape index (κ1) is 16.6. The van der Waals surface area contributed by atoms with Gasteiger partial charge in [-0.3, -0.25) is 0 Å². The Balaban J connectivity index is 2.16. The first-order valence-electron chi connectivity index (χ1n) is 5.78. The fourth-order valence-electron chi connectivity index (χ4n) is 1.25. The minimum atomic E-state index is -0.807. The van der Waals surface area contributed by atoms with Gasteiger partial charge in [0.25, 0.3) is 0 Å². The van der Waals surface area contributed by atoms with Crippen LogP contribution in [0.3, 0.4) is 0 Å². The summed E-state index contributed by atoms with van der Waals surface area (Å²) in [6, 6.07) is 8.06. The highest BCUT2D eigenvalue weighted by molar-refractivity contribution is 8.77. The van der Waals surface area contributed by atoms with Crippen LogP contribution in [0, 0.1) is 0 Å². The van der Waals surface area contributed by atoms with Crippen molar-refractivity contribution in [2.24, 2.45) is 0 Å². The second-order valence-corrected chi connectivity index (χ2v) is 7.46. The molecule has 1 atom stereocenters. The van der Waals surface area contributed by atoms with E-state index < -0.39 is 11.2 Å². The summed E-state index contributed by atoms with van der Waals surface area (Å²) >= 11 is -0.807. The van der Waals surface area contributed by atoms with Crippen LogP contribution in [-0.4, -0.2) is 23.2 Å². The number of hydrogen-bond donors (Lipinski definition) is 0. The summed E-state index contributed by atoms with van der Waals surface area (Å²) in [6.45, 7) is 3.57. The minimum Gasteiger partial charge on any atom is -0.616 e. The van der Waals surface area contributed by atoms with Crippen molar-refractivity contribution in [3.8, 4) is 5.75 Å². The predicted molar refractivity (Wildman–Crippen MR) is 89.1 cm³/mol. The van der Waals surface area contributed by atoms with Gasteiger partial charge in [0.05, 0.1) is 7.11 Å². The fourth-order valence-corrected chi connectivity index (χ4v) is 3.81. The molecule has 0 aliphatic heterocycles. The lowest BCUT2D eigenvalue weighted by molar-refractivity contribution is 0.414. The Morgan fingerprint density at radius 1 is 1.32 bits per heavy atom. The quantitative estimate of drug-likeness (QED) is 0.298. The van der Waals surface area contributed by atoms with Crippen molar-refractivity contribution in [1.82, 2.24) is 0 Å². The largest absolute Gasteiger partial charge is 0.616 e. The Kier molecular flexibility index (Phi) is 8.99. The molecular weight excluding hydrogens is 296 g/mol. The van der Waals surface area contributed by atoms with Crippen molar-refractivity contribution in [3.05, 3.63) is 54.0 Å². The standard InChI is InChI=1S/C14H18O2S3/c1-3-10-19(15)11-4-9-17-18-12-13-5-7-14(16-2)8-6-13/h3-9H,1,10-12H2,2H3/b9-4+. The fraction of sp³-hybridized carbons (Fsp3) is 0.286. The van der Waals surface area contributed by atoms with E-state index in [1.165, 1.54) is 5.56 Å². The zero-order valence-electron chi connectivity index (χ0n) is 10.9. The van der Waals surface area contributed by atoms with Gasteiger partial charge >= 0.3 is 0 Å². The van der Waals surface area contributed by atoms with Crippen molar-refractivity contribution in [2.45, 2.75) is 5.75 Å². The first-order chi connectivity index (χ1) is 9.26. The lowest BCUT2D eigenvalue weighted by Crippen LogP contribution is -2.06. The maximum absolute atomic E-state index is 11.3. The van der Waals surface area contributed by atoms with Crippen LogP contribution in [0.1, 0.15) is 5.56 Å². The average Bonchev–Trinajstić information content (AvgIpc) is 2.43. The first-order valence-corrected chi connectivity index (χ1v) is 9.65. The third-order valence-corrected chi connectivity index (χ3v) is 5.35. The molecule has 1 unspecified atom stereocenters. The molecule has 0 spiro atoms. The Morgan fingerprint density at radius 2 is 2.05 bits per heavy atom. The predicted octanol–water partition coefficient (Wildman–Crippen LogP) is 4.03. The highest BCUT2D eigenvalue weighted by Gasteiger charge is 1.98. The lowest BCUT2D eigenvalue weighted by Gasteiger charge is -2.04. The molecule has 0 fully saturated rings. The maximum Gasteiger partial charge on any atom is 0.124 e. The molecule has 2 nitrogen and oxygen atoms in total. The average molecular weight is 314 g/mol. The van der Waals surface area contributed by atoms with Crippen LogP contribution in [0.2, 0.25) is 0 Å². The van der Waals surface area contributed by atoms with Crippen LogP contribution < -0.4 is 4.74 Å². The molecule has 104 valence electrons. The van der Waals surface area contributed by atoms with Crippen molar-refractivity contribution in [1.29, 1.82) is 0 Å². The second-order valence-electron chi connectivity index (χ2n) is 3.64. The SMILES string of the molecule is C=CC[S+]([O-])C/C=C/SSCc1ccc(OC)cc1. The summed E-state index contributed by atoms with van der Waals surface area (Å²) in [5.74, 6) is 2.98. The molecule has 0 aliphatic rings. The molecule has 0 saturated heterocycles. The van der Waals surface area contributed by atoms with Crippen molar-refractivity contribution in [2.75, 3.05) is 18.6 Å². The van der Waals surface area contributed by atoms with E-state index in [1.54, 1.807) is 34.8 Å². The maximum atomic E-state index is 11.3. The molecule has 1 rings (SSSR count). The van der Waals surface area contributed by atoms with Gasteiger partial charge in [0.1, 0.15) is 17.3 Å². The van der Waals surface area contributed by atoms with Gasteiger partial charge < -0.3 is 9.29 Å². The number of rotatable bonds is 9. The van der Waals surface area contributed by atoms with E-state index in [0.29, 0.717) is 11.5 Å². The second kappa shape index (κ2) is 10.3. The van der Waals surface area contributed by atoms with Gasteiger partial charge in [-0.15, -0.1) is 0 Å². The van der Waals surface area contributed by atoms with Gasteiger partial charge in [0.2, 0.25) is 0 Å². The van der Waals surface area contributed by atoms with E-state index in [-0.39, 0.29) is 0 Å². The molecule has 0 saturated carbocycles. The Bertz CT molecular complexity index is 390. The highest BCUT2D eigenvalue weighted by Crippen LogP contribution is 2.27. The minimum absolute atomic E-state index is 0.563. The molecule has 1 aromatic rings. The van der Waals surface area contributed by atoms with E-state index >= 15 is 0 Å². The van der Waals surface area contributed by atoms with E-state index in [9.17, 15) is 4.55 Å². The molecule has 0 bridgehead atoms. The van der Waals surface area contributed by atoms with E-state index in [4.69, 9.17) is 4.74 Å². The van der Waals surface area contributed by atoms with Crippen LogP contribution >= 0.6 is 21.6 Å². The number of methoxy groups -OCH3 is 1. The Hall–Kier alpha value is -0.490. The summed E-state index contributed by atoms with van der Waals surface area (Å²) in [4.78, 5) is 0. The zero-order chi connectivity index (χ0) is 13.9. The monoisotopic (exact) mass is 314 g/mol. The van der Waals surface area contributed by atoms with Crippen molar-refractivity contribution >= 4 is 32.8 Å². The van der Waals surface area contributed by atoms with Gasteiger partial charge in [-0.05, 0) is 46.4 Å². The van der Waals surface area contributed by atoms with Gasteiger partial charge in [0, 0.05) is 5.75 Å². The summed E-state index contributed by atoms with van der Waals surface area (Å²) < 4.78 is 16.4. The number of hydrogen-bond acceptors (Lipinski definition) is 4. The molecule has 0 heterocycles. The lowest BCUT2D eigenvalue weighted by atomic mass is 10.2. The van der Waals surface area contributed by atoms with Gasteiger partial charge in [-0.25, -0.2) is 0 Å². The van der Waals surface area contributed by atoms with Crippen LogP contribution in [0.5, 0.6) is 5.75 Å². The normalized spacial score (nSPS) is 12.5. The molecule has 19 heavy (non-hydrogen) atoms. The topological polar surface area (TPSA) is 32.3 Å². The zero-order valence-corrected chi connectivity index (χ0v) is 13.4. The Labute approximate surface area is 126 Å². The molecule has 1 aromatic carbocycles. The van der Waals surface area contributed by atoms with Gasteiger partial charge in [-0.2, -0.15) is 0 Å². The summed E-state index contributed by atoms with van der Waals surface area (Å²) in [7, 11) is 5.08. The molecule has 0 aromatic heterocycles. The van der Waals surface area contributed by atoms with Crippen LogP contribution in [0.4, 0.5) is 0 Å². The smallest absolute Gasteiger partial charge is 0.124 e. The highest BCUT2D eigenvalue weighted by atomic mass is 33.1.